The molecule has 1 aromatic heterocycles. The van der Waals surface area contributed by atoms with Crippen LogP contribution >= 0.6 is 15.9 Å². The quantitative estimate of drug-likeness (QED) is 0.808. The lowest BCUT2D eigenvalue weighted by atomic mass is 10.3. The number of rotatable bonds is 4. The topological polar surface area (TPSA) is 98.2 Å². The molecule has 0 saturated carbocycles. The second-order valence-corrected chi connectivity index (χ2v) is 6.65. The normalized spacial score (nSPS) is 11.8. The minimum atomic E-state index is -4.03. The number of aryl methyl sites for hydroxylation is 1. The molecule has 0 aliphatic heterocycles. The Hall–Kier alpha value is -1.45. The van der Waals surface area contributed by atoms with Crippen molar-refractivity contribution < 1.29 is 17.3 Å². The van der Waals surface area contributed by atoms with Crippen molar-refractivity contribution in [2.24, 2.45) is 0 Å². The van der Waals surface area contributed by atoms with Gasteiger partial charge in [0.05, 0.1) is 12.2 Å². The molecule has 20 heavy (non-hydrogen) atoms. The molecule has 0 unspecified atom stereocenters. The van der Waals surface area contributed by atoms with Gasteiger partial charge in [-0.1, -0.05) is 5.16 Å². The largest absolute Gasteiger partial charge is 0.398 e. The van der Waals surface area contributed by atoms with Gasteiger partial charge in [0, 0.05) is 16.2 Å². The van der Waals surface area contributed by atoms with Crippen LogP contribution in [0.1, 0.15) is 11.5 Å². The molecule has 3 N–H and O–H groups in total. The number of aromatic nitrogens is 1. The van der Waals surface area contributed by atoms with Crippen LogP contribution < -0.4 is 10.5 Å². The van der Waals surface area contributed by atoms with Gasteiger partial charge >= 0.3 is 0 Å². The predicted molar refractivity (Wildman–Crippen MR) is 73.8 cm³/mol. The number of halogens is 2. The first-order valence-electron chi connectivity index (χ1n) is 5.46. The summed E-state index contributed by atoms with van der Waals surface area (Å²) in [4.78, 5) is -0.519. The molecule has 0 aliphatic rings. The van der Waals surface area contributed by atoms with Crippen molar-refractivity contribution in [3.8, 4) is 0 Å². The highest BCUT2D eigenvalue weighted by Crippen LogP contribution is 2.26. The van der Waals surface area contributed by atoms with Crippen molar-refractivity contribution in [3.05, 3.63) is 39.9 Å². The van der Waals surface area contributed by atoms with Crippen LogP contribution in [0.15, 0.2) is 32.1 Å². The van der Waals surface area contributed by atoms with Gasteiger partial charge in [0.2, 0.25) is 10.0 Å². The highest BCUT2D eigenvalue weighted by atomic mass is 79.9. The fourth-order valence-corrected chi connectivity index (χ4v) is 2.90. The van der Waals surface area contributed by atoms with E-state index in [0.717, 1.165) is 12.1 Å². The Morgan fingerprint density at radius 3 is 2.75 bits per heavy atom. The van der Waals surface area contributed by atoms with E-state index in [-0.39, 0.29) is 12.2 Å². The van der Waals surface area contributed by atoms with Crippen LogP contribution in [-0.2, 0) is 16.6 Å². The highest BCUT2D eigenvalue weighted by molar-refractivity contribution is 9.10. The van der Waals surface area contributed by atoms with Gasteiger partial charge in [0.15, 0.2) is 5.76 Å². The Labute approximate surface area is 123 Å². The molecule has 0 amide bonds. The molecule has 1 heterocycles. The first-order valence-corrected chi connectivity index (χ1v) is 7.73. The zero-order valence-corrected chi connectivity index (χ0v) is 12.8. The van der Waals surface area contributed by atoms with Crippen LogP contribution in [0, 0.1) is 12.7 Å². The molecule has 0 spiro atoms. The molecule has 0 saturated heterocycles. The summed E-state index contributed by atoms with van der Waals surface area (Å²) >= 11 is 3.02. The van der Waals surface area contributed by atoms with Gasteiger partial charge < -0.3 is 10.3 Å². The summed E-state index contributed by atoms with van der Waals surface area (Å²) in [7, 11) is -4.03. The van der Waals surface area contributed by atoms with Gasteiger partial charge in [-0.3, -0.25) is 0 Å². The fourth-order valence-electron chi connectivity index (χ4n) is 1.49. The van der Waals surface area contributed by atoms with Crippen molar-refractivity contribution in [1.29, 1.82) is 0 Å². The molecule has 2 rings (SSSR count). The second-order valence-electron chi connectivity index (χ2n) is 4.06. The number of nitrogens with one attached hydrogen (secondary N) is 1. The number of nitrogens with two attached hydrogens (primary N) is 1. The first-order chi connectivity index (χ1) is 9.29. The third-order valence-electron chi connectivity index (χ3n) is 2.45. The molecule has 0 fully saturated rings. The lowest BCUT2D eigenvalue weighted by Gasteiger charge is -2.08. The van der Waals surface area contributed by atoms with E-state index in [1.807, 2.05) is 0 Å². The first kappa shape index (κ1) is 14.9. The van der Waals surface area contributed by atoms with Crippen LogP contribution in [0.5, 0.6) is 0 Å². The van der Waals surface area contributed by atoms with Crippen LogP contribution in [0.2, 0.25) is 0 Å². The number of nitrogen functional groups attached to an aromatic ring is 1. The zero-order chi connectivity index (χ0) is 14.9. The van der Waals surface area contributed by atoms with Gasteiger partial charge in [-0.05, 0) is 35.0 Å². The fraction of sp³-hybridized carbons (Fsp3) is 0.182. The van der Waals surface area contributed by atoms with E-state index in [9.17, 15) is 12.8 Å². The average Bonchev–Trinajstić information content (AvgIpc) is 2.77. The molecule has 0 atom stereocenters. The number of hydrogen-bond donors (Lipinski definition) is 2. The van der Waals surface area contributed by atoms with Crippen molar-refractivity contribution in [2.45, 2.75) is 18.4 Å². The highest BCUT2D eigenvalue weighted by Gasteiger charge is 2.21. The van der Waals surface area contributed by atoms with Crippen LogP contribution in [0.25, 0.3) is 0 Å². The zero-order valence-electron chi connectivity index (χ0n) is 10.4. The van der Waals surface area contributed by atoms with E-state index in [4.69, 9.17) is 10.3 Å². The Bertz CT molecular complexity index is 745. The van der Waals surface area contributed by atoms with Crippen molar-refractivity contribution in [2.75, 3.05) is 5.73 Å². The molecule has 2 aromatic rings. The van der Waals surface area contributed by atoms with Crippen molar-refractivity contribution in [1.82, 2.24) is 9.88 Å². The summed E-state index contributed by atoms with van der Waals surface area (Å²) in [5.74, 6) is -0.566. The lowest BCUT2D eigenvalue weighted by molar-refractivity contribution is 0.377. The predicted octanol–water partition coefficient (Wildman–Crippen LogP) is 1.95. The van der Waals surface area contributed by atoms with E-state index in [0.29, 0.717) is 15.9 Å². The maximum absolute atomic E-state index is 13.7. The molecule has 108 valence electrons. The third-order valence-corrected chi connectivity index (χ3v) is 4.56. The number of nitrogens with zero attached hydrogens (tertiary/aromatic N) is 1. The van der Waals surface area contributed by atoms with Crippen LogP contribution in [0.4, 0.5) is 10.1 Å². The summed E-state index contributed by atoms with van der Waals surface area (Å²) in [6, 6.07) is 3.63. The number of hydrogen-bond acceptors (Lipinski definition) is 5. The summed E-state index contributed by atoms with van der Waals surface area (Å²) in [5.41, 5.74) is 6.31. The minimum absolute atomic E-state index is 0.126. The van der Waals surface area contributed by atoms with Gasteiger partial charge in [0.1, 0.15) is 10.7 Å². The smallest absolute Gasteiger partial charge is 0.243 e. The van der Waals surface area contributed by atoms with E-state index < -0.39 is 20.7 Å². The number of sulfonamides is 1. The van der Waals surface area contributed by atoms with Crippen LogP contribution in [0.3, 0.4) is 0 Å². The minimum Gasteiger partial charge on any atom is -0.398 e. The van der Waals surface area contributed by atoms with Crippen molar-refractivity contribution >= 4 is 31.6 Å². The van der Waals surface area contributed by atoms with Crippen LogP contribution in [-0.4, -0.2) is 13.6 Å². The standard InChI is InChI=1S/C11H11BrFN3O3S/c1-6-2-7(19-16-6)5-15-20(17,18)11-4-10(14)8(12)3-9(11)13/h2-4,15H,5,14H2,1H3. The van der Waals surface area contributed by atoms with E-state index >= 15 is 0 Å². The molecular weight excluding hydrogens is 353 g/mol. The lowest BCUT2D eigenvalue weighted by Crippen LogP contribution is -2.24. The van der Waals surface area contributed by atoms with Gasteiger partial charge in [-0.15, -0.1) is 0 Å². The summed E-state index contributed by atoms with van der Waals surface area (Å²) < 4.78 is 45.1. The summed E-state index contributed by atoms with van der Waals surface area (Å²) in [6.45, 7) is 1.58. The Balaban J connectivity index is 2.24. The van der Waals surface area contributed by atoms with Gasteiger partial charge in [-0.25, -0.2) is 17.5 Å². The monoisotopic (exact) mass is 363 g/mol. The molecule has 0 aliphatic carbocycles. The Morgan fingerprint density at radius 2 is 2.15 bits per heavy atom. The van der Waals surface area contributed by atoms with Crippen molar-refractivity contribution in [3.63, 3.8) is 0 Å². The van der Waals surface area contributed by atoms with E-state index in [1.54, 1.807) is 13.0 Å². The third kappa shape index (κ3) is 3.17. The average molecular weight is 364 g/mol. The maximum Gasteiger partial charge on any atom is 0.243 e. The maximum atomic E-state index is 13.7. The summed E-state index contributed by atoms with van der Waals surface area (Å²) in [6.07, 6.45) is 0. The molecule has 0 radical (unpaired) electrons. The molecule has 9 heteroatoms. The molecule has 0 bridgehead atoms. The van der Waals surface area contributed by atoms with E-state index in [1.165, 1.54) is 0 Å². The molecule has 1 aromatic carbocycles. The van der Waals surface area contributed by atoms with Gasteiger partial charge in [-0.2, -0.15) is 0 Å². The Morgan fingerprint density at radius 1 is 1.45 bits per heavy atom. The van der Waals surface area contributed by atoms with Gasteiger partial charge in [0.25, 0.3) is 0 Å². The Kier molecular flexibility index (Phi) is 4.11. The summed E-state index contributed by atoms with van der Waals surface area (Å²) in [5, 5.41) is 3.62. The number of anilines is 1. The SMILES string of the molecule is Cc1cc(CNS(=O)(=O)c2cc(N)c(Br)cc2F)on1. The molecule has 6 nitrogen and oxygen atoms in total. The molecular formula is C11H11BrFN3O3S. The second kappa shape index (κ2) is 5.51. The van der Waals surface area contributed by atoms with E-state index in [2.05, 4.69) is 25.8 Å². The number of benzene rings is 1.